The molecule has 0 unspecified atom stereocenters. The predicted molar refractivity (Wildman–Crippen MR) is 88.9 cm³/mol. The Labute approximate surface area is 137 Å². The maximum atomic E-state index is 12.4. The van der Waals surface area contributed by atoms with Crippen LogP contribution in [-0.2, 0) is 0 Å². The highest BCUT2D eigenvalue weighted by atomic mass is 79.9. The van der Waals surface area contributed by atoms with Gasteiger partial charge in [-0.3, -0.25) is 4.79 Å². The molecule has 0 aliphatic rings. The SMILES string of the molecule is Nc1ccc(Br)c(C(=O)Nc2c(Cl)ccc3nsnc23)c1. The topological polar surface area (TPSA) is 80.9 Å². The Morgan fingerprint density at radius 3 is 2.90 bits per heavy atom. The fourth-order valence-electron chi connectivity index (χ4n) is 1.84. The number of halogens is 2. The van der Waals surface area contributed by atoms with Gasteiger partial charge in [-0.2, -0.15) is 8.75 Å². The van der Waals surface area contributed by atoms with Gasteiger partial charge in [-0.25, -0.2) is 0 Å². The summed E-state index contributed by atoms with van der Waals surface area (Å²) in [5, 5.41) is 3.18. The van der Waals surface area contributed by atoms with Gasteiger partial charge in [0.05, 0.1) is 28.0 Å². The third-order valence-corrected chi connectivity index (χ3v) is 4.40. The van der Waals surface area contributed by atoms with E-state index in [1.165, 1.54) is 0 Å². The van der Waals surface area contributed by atoms with Gasteiger partial charge in [-0.15, -0.1) is 0 Å². The number of carbonyl (C=O) groups excluding carboxylic acids is 1. The van der Waals surface area contributed by atoms with E-state index in [-0.39, 0.29) is 5.91 Å². The van der Waals surface area contributed by atoms with E-state index in [0.717, 1.165) is 11.7 Å². The van der Waals surface area contributed by atoms with Crippen LogP contribution >= 0.6 is 39.3 Å². The standard InChI is InChI=1S/C13H8BrClN4OS/c14-8-2-1-6(16)5-7(8)13(20)17-11-9(15)3-4-10-12(11)19-21-18-10/h1-5H,16H2,(H,17,20). The molecule has 5 nitrogen and oxygen atoms in total. The minimum Gasteiger partial charge on any atom is -0.399 e. The highest BCUT2D eigenvalue weighted by Crippen LogP contribution is 2.31. The van der Waals surface area contributed by atoms with Crippen LogP contribution < -0.4 is 11.1 Å². The molecule has 2 aromatic carbocycles. The summed E-state index contributed by atoms with van der Waals surface area (Å²) in [5.41, 5.74) is 8.34. The lowest BCUT2D eigenvalue weighted by Crippen LogP contribution is -2.13. The van der Waals surface area contributed by atoms with Crippen molar-refractivity contribution < 1.29 is 4.79 Å². The van der Waals surface area contributed by atoms with Crippen molar-refractivity contribution >= 4 is 67.6 Å². The van der Waals surface area contributed by atoms with Crippen LogP contribution in [0.3, 0.4) is 0 Å². The summed E-state index contributed by atoms with van der Waals surface area (Å²) >= 11 is 10.5. The molecule has 1 heterocycles. The van der Waals surface area contributed by atoms with Crippen LogP contribution in [0.2, 0.25) is 5.02 Å². The molecule has 3 N–H and O–H groups in total. The molecule has 0 saturated heterocycles. The smallest absolute Gasteiger partial charge is 0.256 e. The number of anilines is 2. The van der Waals surface area contributed by atoms with Gasteiger partial charge in [0.15, 0.2) is 0 Å². The molecular formula is C13H8BrClN4OS. The number of hydrogen-bond donors (Lipinski definition) is 2. The minimum absolute atomic E-state index is 0.323. The van der Waals surface area contributed by atoms with Crippen molar-refractivity contribution in [3.63, 3.8) is 0 Å². The van der Waals surface area contributed by atoms with Crippen LogP contribution in [0.15, 0.2) is 34.8 Å². The second-order valence-electron chi connectivity index (χ2n) is 4.25. The number of nitrogens with one attached hydrogen (secondary N) is 1. The lowest BCUT2D eigenvalue weighted by atomic mass is 10.2. The van der Waals surface area contributed by atoms with Crippen molar-refractivity contribution in [1.82, 2.24) is 8.75 Å². The largest absolute Gasteiger partial charge is 0.399 e. The molecule has 0 radical (unpaired) electrons. The lowest BCUT2D eigenvalue weighted by Gasteiger charge is -2.09. The molecule has 0 aliphatic carbocycles. The summed E-state index contributed by atoms with van der Waals surface area (Å²) in [6, 6.07) is 8.45. The van der Waals surface area contributed by atoms with Crippen molar-refractivity contribution in [2.45, 2.75) is 0 Å². The number of fused-ring (bicyclic) bond motifs is 1. The summed E-state index contributed by atoms with van der Waals surface area (Å²) in [6.07, 6.45) is 0. The summed E-state index contributed by atoms with van der Waals surface area (Å²) in [5.74, 6) is -0.323. The molecule has 3 aromatic rings. The van der Waals surface area contributed by atoms with Gasteiger partial charge < -0.3 is 11.1 Å². The van der Waals surface area contributed by atoms with Crippen molar-refractivity contribution in [3.8, 4) is 0 Å². The molecule has 106 valence electrons. The number of nitrogens with zero attached hydrogens (tertiary/aromatic N) is 2. The van der Waals surface area contributed by atoms with Gasteiger partial charge in [0.1, 0.15) is 11.0 Å². The maximum absolute atomic E-state index is 12.4. The average Bonchev–Trinajstić information content (AvgIpc) is 2.93. The van der Waals surface area contributed by atoms with Gasteiger partial charge in [0.2, 0.25) is 0 Å². The first-order valence-electron chi connectivity index (χ1n) is 5.83. The van der Waals surface area contributed by atoms with Crippen LogP contribution in [0.5, 0.6) is 0 Å². The highest BCUT2D eigenvalue weighted by Gasteiger charge is 2.16. The fraction of sp³-hybridized carbons (Fsp3) is 0. The summed E-state index contributed by atoms with van der Waals surface area (Å²) < 4.78 is 8.93. The van der Waals surface area contributed by atoms with Crippen LogP contribution in [0, 0.1) is 0 Å². The number of nitrogens with two attached hydrogens (primary N) is 1. The number of benzene rings is 2. The van der Waals surface area contributed by atoms with Gasteiger partial charge in [0, 0.05) is 10.2 Å². The van der Waals surface area contributed by atoms with Crippen molar-refractivity contribution in [3.05, 3.63) is 45.4 Å². The Bertz CT molecular complexity index is 851. The zero-order valence-electron chi connectivity index (χ0n) is 10.4. The Morgan fingerprint density at radius 2 is 2.10 bits per heavy atom. The van der Waals surface area contributed by atoms with Gasteiger partial charge in [-0.1, -0.05) is 11.6 Å². The first kappa shape index (κ1) is 14.2. The van der Waals surface area contributed by atoms with E-state index in [1.54, 1.807) is 30.3 Å². The first-order valence-corrected chi connectivity index (χ1v) is 7.73. The molecule has 0 aliphatic heterocycles. The second kappa shape index (κ2) is 5.59. The normalized spacial score (nSPS) is 10.8. The molecule has 0 bridgehead atoms. The Kier molecular flexibility index (Phi) is 3.79. The number of carbonyl (C=O) groups is 1. The molecular weight excluding hydrogens is 376 g/mol. The monoisotopic (exact) mass is 382 g/mol. The van der Waals surface area contributed by atoms with E-state index in [0.29, 0.717) is 37.5 Å². The molecule has 8 heteroatoms. The first-order chi connectivity index (χ1) is 10.1. The fourth-order valence-corrected chi connectivity index (χ4v) is 3.01. The maximum Gasteiger partial charge on any atom is 0.256 e. The molecule has 0 atom stereocenters. The number of rotatable bonds is 2. The number of amides is 1. The van der Waals surface area contributed by atoms with Crippen molar-refractivity contribution in [2.24, 2.45) is 0 Å². The molecule has 0 saturated carbocycles. The predicted octanol–water partition coefficient (Wildman–Crippen LogP) is 3.94. The lowest BCUT2D eigenvalue weighted by molar-refractivity contribution is 0.102. The average molecular weight is 384 g/mol. The van der Waals surface area contributed by atoms with Crippen LogP contribution in [0.4, 0.5) is 11.4 Å². The Balaban J connectivity index is 2.02. The summed E-state index contributed by atoms with van der Waals surface area (Å²) in [4.78, 5) is 12.4. The van der Waals surface area contributed by atoms with Crippen molar-refractivity contribution in [1.29, 1.82) is 0 Å². The molecule has 1 aromatic heterocycles. The number of nitrogen functional groups attached to an aromatic ring is 1. The molecule has 21 heavy (non-hydrogen) atoms. The molecule has 3 rings (SSSR count). The Morgan fingerprint density at radius 1 is 1.29 bits per heavy atom. The van der Waals surface area contributed by atoms with Gasteiger partial charge in [0.25, 0.3) is 5.91 Å². The number of hydrogen-bond acceptors (Lipinski definition) is 5. The zero-order chi connectivity index (χ0) is 15.0. The van der Waals surface area contributed by atoms with E-state index in [9.17, 15) is 4.79 Å². The minimum atomic E-state index is -0.323. The van der Waals surface area contributed by atoms with Crippen LogP contribution in [-0.4, -0.2) is 14.7 Å². The second-order valence-corrected chi connectivity index (χ2v) is 6.04. The van der Waals surface area contributed by atoms with E-state index in [4.69, 9.17) is 17.3 Å². The quantitative estimate of drug-likeness (QED) is 0.657. The van der Waals surface area contributed by atoms with Crippen LogP contribution in [0.25, 0.3) is 11.0 Å². The van der Waals surface area contributed by atoms with E-state index in [1.807, 2.05) is 0 Å². The summed E-state index contributed by atoms with van der Waals surface area (Å²) in [7, 11) is 0. The molecule has 1 amide bonds. The van der Waals surface area contributed by atoms with Crippen LogP contribution in [0.1, 0.15) is 10.4 Å². The van der Waals surface area contributed by atoms with E-state index in [2.05, 4.69) is 30.0 Å². The summed E-state index contributed by atoms with van der Waals surface area (Å²) in [6.45, 7) is 0. The third-order valence-electron chi connectivity index (χ3n) is 2.85. The molecule has 0 spiro atoms. The van der Waals surface area contributed by atoms with Gasteiger partial charge in [-0.05, 0) is 46.3 Å². The van der Waals surface area contributed by atoms with E-state index >= 15 is 0 Å². The molecule has 0 fully saturated rings. The third kappa shape index (κ3) is 2.72. The van der Waals surface area contributed by atoms with Crippen molar-refractivity contribution in [2.75, 3.05) is 11.1 Å². The van der Waals surface area contributed by atoms with E-state index < -0.39 is 0 Å². The Hall–Kier alpha value is -1.70. The number of aromatic nitrogens is 2. The highest BCUT2D eigenvalue weighted by molar-refractivity contribution is 9.10. The van der Waals surface area contributed by atoms with Gasteiger partial charge >= 0.3 is 0 Å². The zero-order valence-corrected chi connectivity index (χ0v) is 13.6.